The fourth-order valence-corrected chi connectivity index (χ4v) is 1.89. The van der Waals surface area contributed by atoms with Crippen molar-refractivity contribution in [1.82, 2.24) is 29.3 Å². The van der Waals surface area contributed by atoms with E-state index < -0.39 is 0 Å². The Kier molecular flexibility index (Phi) is 2.90. The van der Waals surface area contributed by atoms with E-state index >= 15 is 0 Å². The first-order valence-corrected chi connectivity index (χ1v) is 6.18. The second-order valence-electron chi connectivity index (χ2n) is 4.22. The van der Waals surface area contributed by atoms with Gasteiger partial charge < -0.3 is 5.32 Å². The summed E-state index contributed by atoms with van der Waals surface area (Å²) in [6, 6.07) is 1.81. The Morgan fingerprint density at radius 1 is 1.40 bits per heavy atom. The summed E-state index contributed by atoms with van der Waals surface area (Å²) in [5.74, 6) is 0.907. The van der Waals surface area contributed by atoms with Crippen LogP contribution in [-0.2, 0) is 11.8 Å². The Labute approximate surface area is 114 Å². The molecule has 0 radical (unpaired) electrons. The first kappa shape index (κ1) is 12.3. The van der Waals surface area contributed by atoms with Gasteiger partial charge in [-0.3, -0.25) is 9.36 Å². The number of nitrogens with zero attached hydrogens (tertiary/aromatic N) is 6. The summed E-state index contributed by atoms with van der Waals surface area (Å²) in [6.07, 6.45) is 5.25. The molecule has 8 heteroatoms. The second-order valence-corrected chi connectivity index (χ2v) is 4.22. The van der Waals surface area contributed by atoms with Crippen LogP contribution in [0.25, 0.3) is 17.1 Å². The second kappa shape index (κ2) is 4.72. The molecule has 0 spiro atoms. The van der Waals surface area contributed by atoms with Crippen LogP contribution in [-0.4, -0.2) is 35.2 Å². The number of carbonyl (C=O) groups excluding carboxylic acids is 1. The lowest BCUT2D eigenvalue weighted by atomic mass is 10.4. The third-order valence-corrected chi connectivity index (χ3v) is 2.92. The summed E-state index contributed by atoms with van der Waals surface area (Å²) in [5, 5.41) is 6.87. The van der Waals surface area contributed by atoms with E-state index in [9.17, 15) is 4.79 Å². The zero-order chi connectivity index (χ0) is 14.1. The van der Waals surface area contributed by atoms with Crippen molar-refractivity contribution in [3.63, 3.8) is 0 Å². The Morgan fingerprint density at radius 2 is 2.25 bits per heavy atom. The van der Waals surface area contributed by atoms with Gasteiger partial charge in [0.15, 0.2) is 17.0 Å². The molecule has 1 N–H and O–H groups in total. The number of imidazole rings is 1. The molecule has 0 atom stereocenters. The number of anilines is 1. The van der Waals surface area contributed by atoms with Gasteiger partial charge in [-0.15, -0.1) is 0 Å². The molecule has 0 unspecified atom stereocenters. The van der Waals surface area contributed by atoms with E-state index in [-0.39, 0.29) is 5.91 Å². The lowest BCUT2D eigenvalue weighted by molar-refractivity contribution is -0.115. The quantitative estimate of drug-likeness (QED) is 0.764. The highest BCUT2D eigenvalue weighted by molar-refractivity contribution is 5.96. The molecule has 0 aliphatic heterocycles. The average Bonchev–Trinajstić information content (AvgIpc) is 3.08. The number of hydrogen-bond acceptors (Lipinski definition) is 5. The maximum Gasteiger partial charge on any atom is 0.232 e. The van der Waals surface area contributed by atoms with E-state index in [2.05, 4.69) is 25.4 Å². The van der Waals surface area contributed by atoms with Crippen LogP contribution < -0.4 is 5.32 Å². The van der Waals surface area contributed by atoms with E-state index in [1.807, 2.05) is 13.1 Å². The summed E-state index contributed by atoms with van der Waals surface area (Å²) >= 11 is 0. The number of carbonyl (C=O) groups is 1. The van der Waals surface area contributed by atoms with Gasteiger partial charge in [0, 0.05) is 25.9 Å². The standard InChI is InChI=1S/C12H13N7O/c1-3-8(20)16-10-9-11(14-7-13-10)18(2)12(17-9)19-6-4-5-15-19/h4-7H,3H2,1-2H3,(H,13,14,16,20). The first-order valence-electron chi connectivity index (χ1n) is 6.18. The maximum atomic E-state index is 11.5. The van der Waals surface area contributed by atoms with Crippen molar-refractivity contribution in [3.8, 4) is 5.95 Å². The van der Waals surface area contributed by atoms with Crippen LogP contribution in [0.5, 0.6) is 0 Å². The number of nitrogens with one attached hydrogen (secondary N) is 1. The van der Waals surface area contributed by atoms with Crippen molar-refractivity contribution in [2.45, 2.75) is 13.3 Å². The fraction of sp³-hybridized carbons (Fsp3) is 0.250. The van der Waals surface area contributed by atoms with E-state index in [1.54, 1.807) is 28.6 Å². The highest BCUT2D eigenvalue weighted by Crippen LogP contribution is 2.20. The third-order valence-electron chi connectivity index (χ3n) is 2.92. The zero-order valence-electron chi connectivity index (χ0n) is 11.1. The molecule has 102 valence electrons. The van der Waals surface area contributed by atoms with Crippen LogP contribution in [0.2, 0.25) is 0 Å². The minimum Gasteiger partial charge on any atom is -0.309 e. The molecule has 3 rings (SSSR count). The number of aryl methyl sites for hydroxylation is 1. The Bertz CT molecular complexity index is 760. The SMILES string of the molecule is CCC(=O)Nc1ncnc2c1nc(-n1cccn1)n2C. The predicted octanol–water partition coefficient (Wildman–Crippen LogP) is 0.897. The molecule has 0 saturated carbocycles. The van der Waals surface area contributed by atoms with Gasteiger partial charge in [0.2, 0.25) is 11.9 Å². The number of fused-ring (bicyclic) bond motifs is 1. The lowest BCUT2D eigenvalue weighted by Crippen LogP contribution is -2.11. The largest absolute Gasteiger partial charge is 0.309 e. The molecule has 0 aliphatic carbocycles. The molecule has 3 aromatic heterocycles. The van der Waals surface area contributed by atoms with E-state index in [0.717, 1.165) is 0 Å². The van der Waals surface area contributed by atoms with Crippen LogP contribution >= 0.6 is 0 Å². The topological polar surface area (TPSA) is 90.5 Å². The first-order chi connectivity index (χ1) is 9.70. The minimum atomic E-state index is -0.115. The molecule has 0 bridgehead atoms. The van der Waals surface area contributed by atoms with Gasteiger partial charge in [0.1, 0.15) is 6.33 Å². The monoisotopic (exact) mass is 271 g/mol. The van der Waals surface area contributed by atoms with Crippen molar-refractivity contribution < 1.29 is 4.79 Å². The number of aromatic nitrogens is 6. The van der Waals surface area contributed by atoms with Crippen molar-refractivity contribution in [2.24, 2.45) is 7.05 Å². The summed E-state index contributed by atoms with van der Waals surface area (Å²) in [6.45, 7) is 1.78. The summed E-state index contributed by atoms with van der Waals surface area (Å²) in [4.78, 5) is 24.3. The molecule has 0 aromatic carbocycles. The van der Waals surface area contributed by atoms with E-state index in [4.69, 9.17) is 0 Å². The molecule has 20 heavy (non-hydrogen) atoms. The molecule has 8 nitrogen and oxygen atoms in total. The van der Waals surface area contributed by atoms with Crippen LogP contribution in [0.3, 0.4) is 0 Å². The van der Waals surface area contributed by atoms with E-state index in [1.165, 1.54) is 6.33 Å². The van der Waals surface area contributed by atoms with Gasteiger partial charge in [-0.1, -0.05) is 6.92 Å². The number of amides is 1. The summed E-state index contributed by atoms with van der Waals surface area (Å²) in [7, 11) is 1.84. The molecule has 0 saturated heterocycles. The Hall–Kier alpha value is -2.77. The van der Waals surface area contributed by atoms with Gasteiger partial charge in [0.05, 0.1) is 0 Å². The lowest BCUT2D eigenvalue weighted by Gasteiger charge is -2.02. The molecular formula is C12H13N7O. The van der Waals surface area contributed by atoms with Crippen molar-refractivity contribution in [1.29, 1.82) is 0 Å². The Balaban J connectivity index is 2.16. The van der Waals surface area contributed by atoms with Crippen LogP contribution in [0.4, 0.5) is 5.82 Å². The summed E-state index contributed by atoms with van der Waals surface area (Å²) < 4.78 is 3.43. The van der Waals surface area contributed by atoms with Gasteiger partial charge in [0.25, 0.3) is 0 Å². The van der Waals surface area contributed by atoms with Gasteiger partial charge >= 0.3 is 0 Å². The molecule has 3 heterocycles. The molecule has 3 aromatic rings. The predicted molar refractivity (Wildman–Crippen MR) is 72.3 cm³/mol. The maximum absolute atomic E-state index is 11.5. The van der Waals surface area contributed by atoms with Crippen molar-refractivity contribution >= 4 is 22.9 Å². The number of rotatable bonds is 3. The normalized spacial score (nSPS) is 10.9. The summed E-state index contributed by atoms with van der Waals surface area (Å²) in [5.41, 5.74) is 1.18. The highest BCUT2D eigenvalue weighted by atomic mass is 16.1. The smallest absolute Gasteiger partial charge is 0.232 e. The van der Waals surface area contributed by atoms with Gasteiger partial charge in [-0.05, 0) is 6.07 Å². The average molecular weight is 271 g/mol. The van der Waals surface area contributed by atoms with E-state index in [0.29, 0.717) is 29.4 Å². The van der Waals surface area contributed by atoms with Gasteiger partial charge in [-0.2, -0.15) is 5.10 Å². The van der Waals surface area contributed by atoms with Crippen LogP contribution in [0, 0.1) is 0 Å². The van der Waals surface area contributed by atoms with Crippen LogP contribution in [0.1, 0.15) is 13.3 Å². The Morgan fingerprint density at radius 3 is 2.95 bits per heavy atom. The third kappa shape index (κ3) is 1.91. The molecule has 0 fully saturated rings. The van der Waals surface area contributed by atoms with Crippen LogP contribution in [0.15, 0.2) is 24.8 Å². The highest BCUT2D eigenvalue weighted by Gasteiger charge is 2.15. The molecular weight excluding hydrogens is 258 g/mol. The molecule has 1 amide bonds. The van der Waals surface area contributed by atoms with Crippen molar-refractivity contribution in [2.75, 3.05) is 5.32 Å². The van der Waals surface area contributed by atoms with Crippen molar-refractivity contribution in [3.05, 3.63) is 24.8 Å². The van der Waals surface area contributed by atoms with Gasteiger partial charge in [-0.25, -0.2) is 19.6 Å². The fourth-order valence-electron chi connectivity index (χ4n) is 1.89. The zero-order valence-corrected chi connectivity index (χ0v) is 11.1. The minimum absolute atomic E-state index is 0.115. The number of hydrogen-bond donors (Lipinski definition) is 1. The molecule has 0 aliphatic rings.